The zero-order valence-corrected chi connectivity index (χ0v) is 18.0. The second kappa shape index (κ2) is 9.22. The van der Waals surface area contributed by atoms with Crippen molar-refractivity contribution < 1.29 is 33.6 Å². The lowest BCUT2D eigenvalue weighted by Gasteiger charge is -2.30. The van der Waals surface area contributed by atoms with Crippen LogP contribution < -0.4 is 4.74 Å². The van der Waals surface area contributed by atoms with Gasteiger partial charge in [-0.2, -0.15) is 0 Å². The van der Waals surface area contributed by atoms with E-state index in [1.807, 2.05) is 24.3 Å². The van der Waals surface area contributed by atoms with Crippen LogP contribution in [-0.2, 0) is 25.4 Å². The molecule has 0 aromatic heterocycles. The highest BCUT2D eigenvalue weighted by molar-refractivity contribution is 5.74. The molecule has 166 valence electrons. The molecular formula is C22H31NO7. The van der Waals surface area contributed by atoms with E-state index in [4.69, 9.17) is 18.9 Å². The standard InChI is InChI=1S/C22H31NO7/c1-22(2,3)30-21(26)23-12-18(24)19(29-20(25)15-9-10-28-13-15)17(23)11-14-5-7-16(27-4)8-6-14/h5-8,15,17-19,24H,9-13H2,1-4H3/t15?,17-,18+,19+/m1/s1. The highest BCUT2D eigenvalue weighted by atomic mass is 16.6. The van der Waals surface area contributed by atoms with Crippen LogP contribution in [0.15, 0.2) is 24.3 Å². The molecule has 1 amide bonds. The molecule has 4 atom stereocenters. The molecule has 2 fully saturated rings. The van der Waals surface area contributed by atoms with Crippen molar-refractivity contribution in [3.05, 3.63) is 29.8 Å². The van der Waals surface area contributed by atoms with Crippen molar-refractivity contribution >= 4 is 12.1 Å². The van der Waals surface area contributed by atoms with Crippen molar-refractivity contribution in [1.82, 2.24) is 4.90 Å². The molecule has 2 saturated heterocycles. The van der Waals surface area contributed by atoms with Gasteiger partial charge in [0.05, 0.1) is 32.2 Å². The minimum absolute atomic E-state index is 0.0366. The van der Waals surface area contributed by atoms with Gasteiger partial charge in [0, 0.05) is 6.61 Å². The van der Waals surface area contributed by atoms with Gasteiger partial charge < -0.3 is 24.1 Å². The Bertz CT molecular complexity index is 737. The van der Waals surface area contributed by atoms with Gasteiger partial charge in [0.25, 0.3) is 0 Å². The zero-order chi connectivity index (χ0) is 21.9. The first-order valence-corrected chi connectivity index (χ1v) is 10.3. The average molecular weight is 421 g/mol. The average Bonchev–Trinajstić information content (AvgIpc) is 3.31. The lowest BCUT2D eigenvalue weighted by atomic mass is 10.0. The number of β-amino-alcohol motifs (C(OH)–C–C–N with tert-alkyl or cyclic N) is 1. The van der Waals surface area contributed by atoms with Crippen LogP contribution >= 0.6 is 0 Å². The Balaban J connectivity index is 1.80. The van der Waals surface area contributed by atoms with Crippen LogP contribution in [0.5, 0.6) is 5.75 Å². The maximum atomic E-state index is 12.8. The number of nitrogens with zero attached hydrogens (tertiary/aromatic N) is 1. The molecule has 2 heterocycles. The molecular weight excluding hydrogens is 390 g/mol. The summed E-state index contributed by atoms with van der Waals surface area (Å²) >= 11 is 0. The van der Waals surface area contributed by atoms with E-state index in [9.17, 15) is 14.7 Å². The summed E-state index contributed by atoms with van der Waals surface area (Å²) < 4.78 is 21.7. The Morgan fingerprint density at radius 2 is 1.93 bits per heavy atom. The summed E-state index contributed by atoms with van der Waals surface area (Å²) in [6, 6.07) is 6.89. The Labute approximate surface area is 177 Å². The number of carbonyl (C=O) groups is 2. The molecule has 0 saturated carbocycles. The predicted octanol–water partition coefficient (Wildman–Crippen LogP) is 2.17. The number of esters is 1. The summed E-state index contributed by atoms with van der Waals surface area (Å²) in [5.41, 5.74) is 0.247. The van der Waals surface area contributed by atoms with Crippen molar-refractivity contribution in [3.8, 4) is 5.75 Å². The number of carbonyl (C=O) groups excluding carboxylic acids is 2. The minimum Gasteiger partial charge on any atom is -0.497 e. The number of hydrogen-bond acceptors (Lipinski definition) is 7. The number of aliphatic hydroxyl groups is 1. The first-order valence-electron chi connectivity index (χ1n) is 10.3. The first-order chi connectivity index (χ1) is 14.2. The quantitative estimate of drug-likeness (QED) is 0.728. The summed E-state index contributed by atoms with van der Waals surface area (Å²) in [4.78, 5) is 26.8. The summed E-state index contributed by atoms with van der Waals surface area (Å²) in [6.07, 6.45) is -1.37. The van der Waals surface area contributed by atoms with Crippen molar-refractivity contribution in [2.75, 3.05) is 26.9 Å². The third kappa shape index (κ3) is 5.43. The van der Waals surface area contributed by atoms with Gasteiger partial charge in [-0.05, 0) is 51.3 Å². The molecule has 0 aliphatic carbocycles. The van der Waals surface area contributed by atoms with E-state index in [1.54, 1.807) is 27.9 Å². The number of aliphatic hydroxyl groups excluding tert-OH is 1. The monoisotopic (exact) mass is 421 g/mol. The molecule has 8 nitrogen and oxygen atoms in total. The molecule has 1 N–H and O–H groups in total. The SMILES string of the molecule is COc1ccc(C[C@@H]2[C@H](OC(=O)C3CCOC3)[C@@H](O)CN2C(=O)OC(C)(C)C)cc1. The van der Waals surface area contributed by atoms with Crippen molar-refractivity contribution in [2.45, 2.75) is 57.5 Å². The van der Waals surface area contributed by atoms with E-state index < -0.39 is 35.9 Å². The van der Waals surface area contributed by atoms with Crippen LogP contribution in [0, 0.1) is 5.92 Å². The van der Waals surface area contributed by atoms with Gasteiger partial charge in [0.1, 0.15) is 17.5 Å². The lowest BCUT2D eigenvalue weighted by Crippen LogP contribution is -2.45. The Morgan fingerprint density at radius 3 is 2.50 bits per heavy atom. The number of ether oxygens (including phenoxy) is 4. The fraction of sp³-hybridized carbons (Fsp3) is 0.636. The fourth-order valence-electron chi connectivity index (χ4n) is 3.74. The maximum Gasteiger partial charge on any atom is 0.410 e. The molecule has 1 aromatic carbocycles. The second-order valence-electron chi connectivity index (χ2n) is 8.78. The lowest BCUT2D eigenvalue weighted by molar-refractivity contribution is -0.159. The van der Waals surface area contributed by atoms with Crippen LogP contribution in [0.3, 0.4) is 0 Å². The van der Waals surface area contributed by atoms with Crippen molar-refractivity contribution in [1.29, 1.82) is 0 Å². The number of benzene rings is 1. The predicted molar refractivity (Wildman–Crippen MR) is 108 cm³/mol. The van der Waals surface area contributed by atoms with E-state index in [2.05, 4.69) is 0 Å². The van der Waals surface area contributed by atoms with Gasteiger partial charge in [0.15, 0.2) is 6.10 Å². The molecule has 30 heavy (non-hydrogen) atoms. The highest BCUT2D eigenvalue weighted by Gasteiger charge is 2.47. The molecule has 0 spiro atoms. The van der Waals surface area contributed by atoms with E-state index in [-0.39, 0.29) is 12.5 Å². The van der Waals surface area contributed by atoms with Gasteiger partial charge in [0.2, 0.25) is 0 Å². The van der Waals surface area contributed by atoms with Gasteiger partial charge in [-0.3, -0.25) is 9.69 Å². The van der Waals surface area contributed by atoms with Crippen LogP contribution in [0.4, 0.5) is 4.79 Å². The van der Waals surface area contributed by atoms with Crippen LogP contribution in [0.2, 0.25) is 0 Å². The van der Waals surface area contributed by atoms with Crippen LogP contribution in [-0.4, -0.2) is 72.8 Å². The Hall–Kier alpha value is -2.32. The smallest absolute Gasteiger partial charge is 0.410 e. The van der Waals surface area contributed by atoms with E-state index in [1.165, 1.54) is 4.90 Å². The van der Waals surface area contributed by atoms with Crippen molar-refractivity contribution in [3.63, 3.8) is 0 Å². The molecule has 0 radical (unpaired) electrons. The topological polar surface area (TPSA) is 94.5 Å². The number of likely N-dealkylation sites (tertiary alicyclic amines) is 1. The third-order valence-corrected chi connectivity index (χ3v) is 5.29. The Morgan fingerprint density at radius 1 is 1.23 bits per heavy atom. The molecule has 2 aliphatic rings. The van der Waals surface area contributed by atoms with Gasteiger partial charge >= 0.3 is 12.1 Å². The van der Waals surface area contributed by atoms with Crippen LogP contribution in [0.25, 0.3) is 0 Å². The Kier molecular flexibility index (Phi) is 6.88. The fourth-order valence-corrected chi connectivity index (χ4v) is 3.74. The largest absolute Gasteiger partial charge is 0.497 e. The first kappa shape index (κ1) is 22.4. The van der Waals surface area contributed by atoms with E-state index in [0.29, 0.717) is 26.1 Å². The minimum atomic E-state index is -0.993. The maximum absolute atomic E-state index is 12.8. The number of hydrogen-bond donors (Lipinski definition) is 1. The summed E-state index contributed by atoms with van der Waals surface area (Å²) in [5, 5.41) is 10.7. The van der Waals surface area contributed by atoms with Crippen molar-refractivity contribution in [2.24, 2.45) is 5.92 Å². The normalized spacial score (nSPS) is 26.5. The number of methoxy groups -OCH3 is 1. The number of amides is 1. The zero-order valence-electron chi connectivity index (χ0n) is 18.0. The molecule has 2 aliphatic heterocycles. The van der Waals surface area contributed by atoms with Gasteiger partial charge in [-0.25, -0.2) is 4.79 Å². The molecule has 1 aromatic rings. The van der Waals surface area contributed by atoms with Gasteiger partial charge in [-0.1, -0.05) is 12.1 Å². The van der Waals surface area contributed by atoms with Gasteiger partial charge in [-0.15, -0.1) is 0 Å². The van der Waals surface area contributed by atoms with E-state index in [0.717, 1.165) is 11.3 Å². The summed E-state index contributed by atoms with van der Waals surface area (Å²) in [5.74, 6) is -0.0184. The molecule has 3 rings (SSSR count). The summed E-state index contributed by atoms with van der Waals surface area (Å²) in [6.45, 7) is 6.23. The van der Waals surface area contributed by atoms with Crippen LogP contribution in [0.1, 0.15) is 32.8 Å². The second-order valence-corrected chi connectivity index (χ2v) is 8.78. The molecule has 1 unspecified atom stereocenters. The molecule has 0 bridgehead atoms. The highest BCUT2D eigenvalue weighted by Crippen LogP contribution is 2.29. The summed E-state index contributed by atoms with van der Waals surface area (Å²) in [7, 11) is 1.59. The molecule has 8 heteroatoms. The third-order valence-electron chi connectivity index (χ3n) is 5.29. The number of rotatable bonds is 5. The van der Waals surface area contributed by atoms with E-state index >= 15 is 0 Å².